The van der Waals surface area contributed by atoms with Crippen molar-refractivity contribution >= 4 is 22.7 Å². The topological polar surface area (TPSA) is 60.9 Å². The molecule has 23 heavy (non-hydrogen) atoms. The van der Waals surface area contributed by atoms with Gasteiger partial charge in [-0.15, -0.1) is 0 Å². The third-order valence-electron chi connectivity index (χ3n) is 3.83. The summed E-state index contributed by atoms with van der Waals surface area (Å²) in [6.07, 6.45) is 0.872. The van der Waals surface area contributed by atoms with Gasteiger partial charge in [-0.2, -0.15) is 0 Å². The van der Waals surface area contributed by atoms with Gasteiger partial charge in [0.15, 0.2) is 5.16 Å². The van der Waals surface area contributed by atoms with Crippen LogP contribution in [-0.2, 0) is 5.75 Å². The first-order valence-electron chi connectivity index (χ1n) is 7.66. The van der Waals surface area contributed by atoms with Crippen LogP contribution in [0.5, 0.6) is 0 Å². The Hall–Kier alpha value is -2.08. The lowest BCUT2D eigenvalue weighted by Gasteiger charge is -2.17. The van der Waals surface area contributed by atoms with E-state index in [1.165, 1.54) is 11.8 Å². The minimum Gasteiger partial charge on any atom is -0.361 e. The molecule has 5 nitrogen and oxygen atoms in total. The molecule has 0 spiro atoms. The van der Waals surface area contributed by atoms with Crippen LogP contribution in [0.4, 0.5) is 0 Å². The highest BCUT2D eigenvalue weighted by molar-refractivity contribution is 7.98. The molecule has 0 aliphatic heterocycles. The van der Waals surface area contributed by atoms with Gasteiger partial charge in [-0.1, -0.05) is 36.0 Å². The lowest BCUT2D eigenvalue weighted by atomic mass is 10.2. The minimum atomic E-state index is 0.0174. The van der Waals surface area contributed by atoms with E-state index in [1.54, 1.807) is 4.57 Å². The van der Waals surface area contributed by atoms with Crippen molar-refractivity contribution in [3.8, 4) is 0 Å². The summed E-state index contributed by atoms with van der Waals surface area (Å²) in [5.41, 5.74) is 1.60. The summed E-state index contributed by atoms with van der Waals surface area (Å²) in [6, 6.07) is 9.48. The molecule has 6 heteroatoms. The molecular weight excluding hydrogens is 310 g/mol. The standard InChI is InChI=1S/C17H19N3O2S/c1-4-11(2)20-16(21)14-7-5-6-8-15(14)18-17(20)23-10-13-9-12(3)22-19-13/h5-9,11H,4,10H2,1-3H3/t11-/m0/s1. The first-order chi connectivity index (χ1) is 11.1. The SMILES string of the molecule is CC[C@H](C)n1c(SCc2cc(C)on2)nc2ccccc2c1=O. The second-order valence-corrected chi connectivity index (χ2v) is 6.50. The smallest absolute Gasteiger partial charge is 0.262 e. The molecule has 0 aliphatic carbocycles. The lowest BCUT2D eigenvalue weighted by Crippen LogP contribution is -2.26. The third kappa shape index (κ3) is 3.17. The highest BCUT2D eigenvalue weighted by Gasteiger charge is 2.16. The monoisotopic (exact) mass is 329 g/mol. The Balaban J connectivity index is 2.04. The average Bonchev–Trinajstić information content (AvgIpc) is 2.98. The maximum Gasteiger partial charge on any atom is 0.262 e. The highest BCUT2D eigenvalue weighted by Crippen LogP contribution is 2.25. The molecular formula is C17H19N3O2S. The predicted octanol–water partition coefficient (Wildman–Crippen LogP) is 3.96. The summed E-state index contributed by atoms with van der Waals surface area (Å²) in [5, 5.41) is 5.39. The van der Waals surface area contributed by atoms with Gasteiger partial charge >= 0.3 is 0 Å². The maximum atomic E-state index is 12.8. The second-order valence-electron chi connectivity index (χ2n) is 5.56. The van der Waals surface area contributed by atoms with Gasteiger partial charge in [0.2, 0.25) is 0 Å². The fourth-order valence-corrected chi connectivity index (χ4v) is 3.40. The normalized spacial score (nSPS) is 12.7. The quantitative estimate of drug-likeness (QED) is 0.524. The number of fused-ring (bicyclic) bond motifs is 1. The molecule has 3 aromatic rings. The molecule has 3 rings (SSSR count). The number of aromatic nitrogens is 3. The van der Waals surface area contributed by atoms with Gasteiger partial charge in [-0.05, 0) is 32.4 Å². The summed E-state index contributed by atoms with van der Waals surface area (Å²) in [6.45, 7) is 5.98. The Morgan fingerprint density at radius 2 is 2.13 bits per heavy atom. The van der Waals surface area contributed by atoms with Crippen LogP contribution in [0.1, 0.15) is 37.8 Å². The van der Waals surface area contributed by atoms with Crippen molar-refractivity contribution in [1.29, 1.82) is 0 Å². The fourth-order valence-electron chi connectivity index (χ4n) is 2.42. The summed E-state index contributed by atoms with van der Waals surface area (Å²) in [4.78, 5) is 17.5. The molecule has 0 amide bonds. The van der Waals surface area contributed by atoms with Crippen molar-refractivity contribution in [2.24, 2.45) is 0 Å². The largest absolute Gasteiger partial charge is 0.361 e. The van der Waals surface area contributed by atoms with Crippen molar-refractivity contribution in [2.75, 3.05) is 0 Å². The zero-order valence-corrected chi connectivity index (χ0v) is 14.3. The van der Waals surface area contributed by atoms with E-state index in [4.69, 9.17) is 9.51 Å². The molecule has 0 radical (unpaired) electrons. The van der Waals surface area contributed by atoms with Crippen molar-refractivity contribution in [2.45, 2.75) is 44.1 Å². The summed E-state index contributed by atoms with van der Waals surface area (Å²) >= 11 is 1.52. The molecule has 0 fully saturated rings. The van der Waals surface area contributed by atoms with Gasteiger partial charge < -0.3 is 4.52 Å². The lowest BCUT2D eigenvalue weighted by molar-refractivity contribution is 0.393. The van der Waals surface area contributed by atoms with Crippen LogP contribution in [-0.4, -0.2) is 14.7 Å². The predicted molar refractivity (Wildman–Crippen MR) is 91.8 cm³/mol. The number of rotatable bonds is 5. The number of aryl methyl sites for hydroxylation is 1. The molecule has 2 heterocycles. The Bertz CT molecular complexity index is 885. The molecule has 0 saturated carbocycles. The number of para-hydroxylation sites is 1. The van der Waals surface area contributed by atoms with E-state index in [2.05, 4.69) is 12.1 Å². The number of benzene rings is 1. The first kappa shape index (κ1) is 15.8. The maximum absolute atomic E-state index is 12.8. The Labute approximate surface area is 138 Å². The molecule has 0 aliphatic rings. The molecule has 0 N–H and O–H groups in total. The number of hydrogen-bond acceptors (Lipinski definition) is 5. The van der Waals surface area contributed by atoms with Crippen LogP contribution in [0.3, 0.4) is 0 Å². The van der Waals surface area contributed by atoms with Gasteiger partial charge in [-0.25, -0.2) is 4.98 Å². The molecule has 0 saturated heterocycles. The zero-order valence-electron chi connectivity index (χ0n) is 13.4. The van der Waals surface area contributed by atoms with Gasteiger partial charge in [0.1, 0.15) is 5.76 Å². The minimum absolute atomic E-state index is 0.0174. The van der Waals surface area contributed by atoms with Crippen molar-refractivity contribution < 1.29 is 4.52 Å². The van der Waals surface area contributed by atoms with E-state index in [-0.39, 0.29) is 11.6 Å². The second kappa shape index (κ2) is 6.58. The van der Waals surface area contributed by atoms with E-state index in [1.807, 2.05) is 44.2 Å². The molecule has 0 unspecified atom stereocenters. The van der Waals surface area contributed by atoms with E-state index in [0.29, 0.717) is 11.1 Å². The summed E-state index contributed by atoms with van der Waals surface area (Å²) in [5.74, 6) is 1.41. The molecule has 1 aromatic carbocycles. The van der Waals surface area contributed by atoms with E-state index in [0.717, 1.165) is 28.5 Å². The van der Waals surface area contributed by atoms with E-state index in [9.17, 15) is 4.79 Å². The van der Waals surface area contributed by atoms with E-state index >= 15 is 0 Å². The molecule has 0 bridgehead atoms. The number of hydrogen-bond donors (Lipinski definition) is 0. The molecule has 120 valence electrons. The Morgan fingerprint density at radius 3 is 2.83 bits per heavy atom. The first-order valence-corrected chi connectivity index (χ1v) is 8.65. The third-order valence-corrected chi connectivity index (χ3v) is 4.82. The summed E-state index contributed by atoms with van der Waals surface area (Å²) in [7, 11) is 0. The van der Waals surface area contributed by atoms with E-state index < -0.39 is 0 Å². The highest BCUT2D eigenvalue weighted by atomic mass is 32.2. The molecule has 2 aromatic heterocycles. The number of nitrogens with zero attached hydrogens (tertiary/aromatic N) is 3. The van der Waals surface area contributed by atoms with Gasteiger partial charge in [0.25, 0.3) is 5.56 Å². The van der Waals surface area contributed by atoms with Crippen LogP contribution in [0.15, 0.2) is 44.8 Å². The van der Waals surface area contributed by atoms with Gasteiger partial charge in [0.05, 0.1) is 16.6 Å². The van der Waals surface area contributed by atoms with Gasteiger partial charge in [0, 0.05) is 17.9 Å². The molecule has 1 atom stereocenters. The zero-order chi connectivity index (χ0) is 16.4. The van der Waals surface area contributed by atoms with Crippen LogP contribution < -0.4 is 5.56 Å². The Kier molecular flexibility index (Phi) is 4.52. The fraction of sp³-hybridized carbons (Fsp3) is 0.353. The van der Waals surface area contributed by atoms with Crippen molar-refractivity contribution in [3.63, 3.8) is 0 Å². The van der Waals surface area contributed by atoms with Crippen LogP contribution in [0.2, 0.25) is 0 Å². The summed E-state index contributed by atoms with van der Waals surface area (Å²) < 4.78 is 6.89. The van der Waals surface area contributed by atoms with Crippen molar-refractivity contribution in [1.82, 2.24) is 14.7 Å². The van der Waals surface area contributed by atoms with Crippen molar-refractivity contribution in [3.05, 3.63) is 52.1 Å². The van der Waals surface area contributed by atoms with Gasteiger partial charge in [-0.3, -0.25) is 9.36 Å². The van der Waals surface area contributed by atoms with Crippen LogP contribution in [0.25, 0.3) is 10.9 Å². The van der Waals surface area contributed by atoms with Crippen LogP contribution >= 0.6 is 11.8 Å². The van der Waals surface area contributed by atoms with Crippen LogP contribution in [0, 0.1) is 6.92 Å². The number of thioether (sulfide) groups is 1. The Morgan fingerprint density at radius 1 is 1.35 bits per heavy atom. The average molecular weight is 329 g/mol.